The van der Waals surface area contributed by atoms with Crippen LogP contribution in [0.2, 0.25) is 0 Å². The lowest BCUT2D eigenvalue weighted by Crippen LogP contribution is -2.34. The van der Waals surface area contributed by atoms with Gasteiger partial charge in [-0.3, -0.25) is 0 Å². The molecular weight excluding hydrogens is 238 g/mol. The van der Waals surface area contributed by atoms with E-state index >= 15 is 0 Å². The second-order valence-electron chi connectivity index (χ2n) is 3.99. The third-order valence-corrected chi connectivity index (χ3v) is 2.29. The number of carbonyl (C=O) groups is 2. The van der Waals surface area contributed by atoms with Crippen LogP contribution in [0.5, 0.6) is 0 Å². The number of esters is 1. The highest BCUT2D eigenvalue weighted by Crippen LogP contribution is 2.09. The van der Waals surface area contributed by atoms with Gasteiger partial charge in [-0.25, -0.2) is 19.6 Å². The van der Waals surface area contributed by atoms with Crippen molar-refractivity contribution in [1.82, 2.24) is 9.97 Å². The predicted octanol–water partition coefficient (Wildman–Crippen LogP) is 0.784. The van der Waals surface area contributed by atoms with Gasteiger partial charge in [0.1, 0.15) is 6.04 Å². The molecule has 98 valence electrons. The Hall–Kier alpha value is -2.18. The van der Waals surface area contributed by atoms with E-state index in [0.29, 0.717) is 0 Å². The Morgan fingerprint density at radius 3 is 2.28 bits per heavy atom. The van der Waals surface area contributed by atoms with Crippen LogP contribution in [0.25, 0.3) is 0 Å². The molecule has 0 saturated carbocycles. The normalized spacial score (nSPS) is 12.0. The summed E-state index contributed by atoms with van der Waals surface area (Å²) in [5.41, 5.74) is 0.208. The van der Waals surface area contributed by atoms with Crippen LogP contribution in [-0.4, -0.2) is 40.2 Å². The molecule has 0 spiro atoms. The zero-order valence-electron chi connectivity index (χ0n) is 10.4. The maximum atomic E-state index is 11.1. The molecule has 7 heteroatoms. The SMILES string of the molecule is COC(=O)c1cnc(N[C@H](C(=O)O)C(C)C)nc1. The van der Waals surface area contributed by atoms with Crippen LogP contribution >= 0.6 is 0 Å². The number of methoxy groups -OCH3 is 1. The number of carboxylic acid groups (broad SMARTS) is 1. The van der Waals surface area contributed by atoms with E-state index in [-0.39, 0.29) is 17.4 Å². The molecule has 0 aromatic carbocycles. The summed E-state index contributed by atoms with van der Waals surface area (Å²) in [5.74, 6) is -1.49. The van der Waals surface area contributed by atoms with Crippen molar-refractivity contribution in [3.63, 3.8) is 0 Å². The number of anilines is 1. The van der Waals surface area contributed by atoms with Crippen molar-refractivity contribution in [1.29, 1.82) is 0 Å². The van der Waals surface area contributed by atoms with E-state index in [9.17, 15) is 9.59 Å². The van der Waals surface area contributed by atoms with Gasteiger partial charge in [-0.1, -0.05) is 13.8 Å². The third-order valence-electron chi connectivity index (χ3n) is 2.29. The Balaban J connectivity index is 2.79. The van der Waals surface area contributed by atoms with Crippen molar-refractivity contribution in [3.8, 4) is 0 Å². The average Bonchev–Trinajstić information content (AvgIpc) is 2.35. The summed E-state index contributed by atoms with van der Waals surface area (Å²) in [6.45, 7) is 3.54. The van der Waals surface area contributed by atoms with Crippen LogP contribution in [0.4, 0.5) is 5.95 Å². The molecule has 0 aliphatic carbocycles. The first-order valence-electron chi connectivity index (χ1n) is 5.35. The van der Waals surface area contributed by atoms with Gasteiger partial charge in [0, 0.05) is 12.4 Å². The summed E-state index contributed by atoms with van der Waals surface area (Å²) in [4.78, 5) is 29.9. The van der Waals surface area contributed by atoms with Gasteiger partial charge in [-0.05, 0) is 5.92 Å². The lowest BCUT2D eigenvalue weighted by molar-refractivity contribution is -0.138. The maximum absolute atomic E-state index is 11.1. The molecule has 0 unspecified atom stereocenters. The van der Waals surface area contributed by atoms with E-state index in [4.69, 9.17) is 5.11 Å². The van der Waals surface area contributed by atoms with Crippen molar-refractivity contribution in [2.45, 2.75) is 19.9 Å². The zero-order chi connectivity index (χ0) is 13.7. The molecule has 18 heavy (non-hydrogen) atoms. The highest BCUT2D eigenvalue weighted by Gasteiger charge is 2.22. The summed E-state index contributed by atoms with van der Waals surface area (Å²) in [6.07, 6.45) is 2.56. The Kier molecular flexibility index (Phi) is 4.59. The molecule has 0 aliphatic heterocycles. The molecule has 1 heterocycles. The number of carboxylic acids is 1. The Morgan fingerprint density at radius 2 is 1.89 bits per heavy atom. The fourth-order valence-electron chi connectivity index (χ4n) is 1.28. The van der Waals surface area contributed by atoms with Gasteiger partial charge in [0.05, 0.1) is 12.7 Å². The van der Waals surface area contributed by atoms with Crippen LogP contribution in [0.1, 0.15) is 24.2 Å². The van der Waals surface area contributed by atoms with E-state index < -0.39 is 18.0 Å². The molecule has 0 amide bonds. The van der Waals surface area contributed by atoms with Crippen LogP contribution in [0.15, 0.2) is 12.4 Å². The molecule has 0 aliphatic rings. The fraction of sp³-hybridized carbons (Fsp3) is 0.455. The quantitative estimate of drug-likeness (QED) is 0.748. The molecular formula is C11H15N3O4. The van der Waals surface area contributed by atoms with Crippen LogP contribution in [-0.2, 0) is 9.53 Å². The molecule has 0 saturated heterocycles. The Labute approximate surface area is 104 Å². The number of nitrogens with one attached hydrogen (secondary N) is 1. The number of carbonyl (C=O) groups excluding carboxylic acids is 1. The van der Waals surface area contributed by atoms with E-state index in [1.165, 1.54) is 19.5 Å². The first-order chi connectivity index (χ1) is 8.45. The second-order valence-corrected chi connectivity index (χ2v) is 3.99. The first kappa shape index (κ1) is 13.9. The molecule has 0 radical (unpaired) electrons. The summed E-state index contributed by atoms with van der Waals surface area (Å²) >= 11 is 0. The Bertz CT molecular complexity index is 430. The number of rotatable bonds is 5. The van der Waals surface area contributed by atoms with Gasteiger partial charge < -0.3 is 15.2 Å². The van der Waals surface area contributed by atoms with E-state index in [1.807, 2.05) is 0 Å². The molecule has 7 nitrogen and oxygen atoms in total. The van der Waals surface area contributed by atoms with Gasteiger partial charge in [-0.2, -0.15) is 0 Å². The number of hydrogen-bond donors (Lipinski definition) is 2. The van der Waals surface area contributed by atoms with Gasteiger partial charge in [0.2, 0.25) is 5.95 Å². The van der Waals surface area contributed by atoms with Gasteiger partial charge in [0.25, 0.3) is 0 Å². The van der Waals surface area contributed by atoms with Crippen molar-refractivity contribution in [2.75, 3.05) is 12.4 Å². The highest BCUT2D eigenvalue weighted by molar-refractivity contribution is 5.88. The minimum absolute atomic E-state index is 0.119. The molecule has 1 atom stereocenters. The smallest absolute Gasteiger partial charge is 0.341 e. The van der Waals surface area contributed by atoms with Gasteiger partial charge >= 0.3 is 11.9 Å². The zero-order valence-corrected chi connectivity index (χ0v) is 10.4. The minimum atomic E-state index is -0.981. The number of hydrogen-bond acceptors (Lipinski definition) is 6. The van der Waals surface area contributed by atoms with Crippen molar-refractivity contribution >= 4 is 17.9 Å². The average molecular weight is 253 g/mol. The van der Waals surface area contributed by atoms with Crippen LogP contribution in [0.3, 0.4) is 0 Å². The largest absolute Gasteiger partial charge is 0.480 e. The van der Waals surface area contributed by atoms with Gasteiger partial charge in [0.15, 0.2) is 0 Å². The lowest BCUT2D eigenvalue weighted by Gasteiger charge is -2.17. The standard InChI is InChI=1S/C11H15N3O4/c1-6(2)8(9(15)16)14-11-12-4-7(5-13-11)10(17)18-3/h4-6,8H,1-3H3,(H,15,16)(H,12,13,14)/t8-/m0/s1. The highest BCUT2D eigenvalue weighted by atomic mass is 16.5. The summed E-state index contributed by atoms with van der Waals surface area (Å²) in [5, 5.41) is 11.7. The Morgan fingerprint density at radius 1 is 1.33 bits per heavy atom. The van der Waals surface area contributed by atoms with E-state index in [1.54, 1.807) is 13.8 Å². The molecule has 0 fully saturated rings. The van der Waals surface area contributed by atoms with Crippen LogP contribution < -0.4 is 5.32 Å². The van der Waals surface area contributed by atoms with Crippen LogP contribution in [0, 0.1) is 5.92 Å². The monoisotopic (exact) mass is 253 g/mol. The van der Waals surface area contributed by atoms with Crippen molar-refractivity contribution < 1.29 is 19.4 Å². The summed E-state index contributed by atoms with van der Waals surface area (Å²) in [7, 11) is 1.26. The number of aromatic nitrogens is 2. The molecule has 1 aromatic rings. The molecule has 1 aromatic heterocycles. The van der Waals surface area contributed by atoms with Crippen molar-refractivity contribution in [3.05, 3.63) is 18.0 Å². The van der Waals surface area contributed by atoms with Crippen molar-refractivity contribution in [2.24, 2.45) is 5.92 Å². The van der Waals surface area contributed by atoms with Gasteiger partial charge in [-0.15, -0.1) is 0 Å². The molecule has 0 bridgehead atoms. The fourth-order valence-corrected chi connectivity index (χ4v) is 1.28. The summed E-state index contributed by atoms with van der Waals surface area (Å²) in [6, 6.07) is -0.783. The number of aliphatic carboxylic acids is 1. The molecule has 1 rings (SSSR count). The lowest BCUT2D eigenvalue weighted by atomic mass is 10.1. The summed E-state index contributed by atoms with van der Waals surface area (Å²) < 4.78 is 4.50. The predicted molar refractivity (Wildman–Crippen MR) is 63.3 cm³/mol. The molecule has 2 N–H and O–H groups in total. The minimum Gasteiger partial charge on any atom is -0.480 e. The number of nitrogens with zero attached hydrogens (tertiary/aromatic N) is 2. The topological polar surface area (TPSA) is 101 Å². The van der Waals surface area contributed by atoms with E-state index in [2.05, 4.69) is 20.0 Å². The second kappa shape index (κ2) is 5.95. The first-order valence-corrected chi connectivity index (χ1v) is 5.35. The number of ether oxygens (including phenoxy) is 1. The third kappa shape index (κ3) is 3.41. The van der Waals surface area contributed by atoms with E-state index in [0.717, 1.165) is 0 Å². The maximum Gasteiger partial charge on any atom is 0.341 e.